The van der Waals surface area contributed by atoms with Gasteiger partial charge in [-0.15, -0.1) is 0 Å². The first-order valence-corrected chi connectivity index (χ1v) is 6.98. The summed E-state index contributed by atoms with van der Waals surface area (Å²) in [4.78, 5) is 24.9. The molecule has 1 aromatic carbocycles. The van der Waals surface area contributed by atoms with Gasteiger partial charge in [-0.25, -0.2) is 4.79 Å². The Kier molecular flexibility index (Phi) is 4.75. The molecule has 1 amide bonds. The average molecular weight is 288 g/mol. The summed E-state index contributed by atoms with van der Waals surface area (Å²) in [5.41, 5.74) is 3.35. The molecule has 2 rings (SSSR count). The van der Waals surface area contributed by atoms with Crippen LogP contribution in [0.25, 0.3) is 0 Å². The SMILES string of the molecule is Cc1cccc(NC(=O)CN2CCC=C(C(=O)O)C2)c1C. The quantitative estimate of drug-likeness (QED) is 0.888. The van der Waals surface area contributed by atoms with Crippen LogP contribution >= 0.6 is 0 Å². The molecule has 0 saturated carbocycles. The van der Waals surface area contributed by atoms with Gasteiger partial charge in [0.1, 0.15) is 0 Å². The van der Waals surface area contributed by atoms with Crippen molar-refractivity contribution in [1.29, 1.82) is 0 Å². The molecule has 0 spiro atoms. The summed E-state index contributed by atoms with van der Waals surface area (Å²) in [5, 5.41) is 11.9. The summed E-state index contributed by atoms with van der Waals surface area (Å²) in [7, 11) is 0. The van der Waals surface area contributed by atoms with Crippen LogP contribution in [0.1, 0.15) is 17.5 Å². The smallest absolute Gasteiger partial charge is 0.332 e. The lowest BCUT2D eigenvalue weighted by Gasteiger charge is -2.25. The molecule has 0 fully saturated rings. The van der Waals surface area contributed by atoms with Gasteiger partial charge in [0.05, 0.1) is 6.54 Å². The molecule has 2 N–H and O–H groups in total. The van der Waals surface area contributed by atoms with Gasteiger partial charge in [-0.1, -0.05) is 18.2 Å². The fourth-order valence-corrected chi connectivity index (χ4v) is 2.38. The van der Waals surface area contributed by atoms with E-state index >= 15 is 0 Å². The summed E-state index contributed by atoms with van der Waals surface area (Å²) in [6, 6.07) is 5.78. The summed E-state index contributed by atoms with van der Waals surface area (Å²) >= 11 is 0. The second-order valence-electron chi connectivity index (χ2n) is 5.33. The Hall–Kier alpha value is -2.14. The number of hydrogen-bond donors (Lipinski definition) is 2. The lowest BCUT2D eigenvalue weighted by atomic mass is 10.1. The van der Waals surface area contributed by atoms with Gasteiger partial charge in [0, 0.05) is 24.4 Å². The van der Waals surface area contributed by atoms with Gasteiger partial charge < -0.3 is 10.4 Å². The molecule has 0 aromatic heterocycles. The number of anilines is 1. The molecule has 0 atom stereocenters. The van der Waals surface area contributed by atoms with Gasteiger partial charge in [0.15, 0.2) is 0 Å². The number of nitrogens with zero attached hydrogens (tertiary/aromatic N) is 1. The van der Waals surface area contributed by atoms with Crippen molar-refractivity contribution in [3.05, 3.63) is 41.0 Å². The van der Waals surface area contributed by atoms with E-state index in [1.165, 1.54) is 0 Å². The maximum absolute atomic E-state index is 12.1. The third kappa shape index (κ3) is 3.92. The Morgan fingerprint density at radius 3 is 2.81 bits per heavy atom. The number of amides is 1. The lowest BCUT2D eigenvalue weighted by Crippen LogP contribution is -2.38. The standard InChI is InChI=1S/C16H20N2O3/c1-11-5-3-7-14(12(11)2)17-15(19)10-18-8-4-6-13(9-18)16(20)21/h3,5-7H,4,8-10H2,1-2H3,(H,17,19)(H,20,21). The second-order valence-corrected chi connectivity index (χ2v) is 5.33. The number of carbonyl (C=O) groups excluding carboxylic acids is 1. The number of aryl methyl sites for hydroxylation is 1. The topological polar surface area (TPSA) is 69.6 Å². The fraction of sp³-hybridized carbons (Fsp3) is 0.375. The van der Waals surface area contributed by atoms with Gasteiger partial charge in [0.25, 0.3) is 0 Å². The number of aliphatic carboxylic acids is 1. The van der Waals surface area contributed by atoms with Gasteiger partial charge in [-0.05, 0) is 37.5 Å². The van der Waals surface area contributed by atoms with Gasteiger partial charge in [-0.2, -0.15) is 0 Å². The molecular formula is C16H20N2O3. The van der Waals surface area contributed by atoms with Crippen molar-refractivity contribution in [2.24, 2.45) is 0 Å². The molecule has 5 heteroatoms. The summed E-state index contributed by atoms with van der Waals surface area (Å²) < 4.78 is 0. The summed E-state index contributed by atoms with van der Waals surface area (Å²) in [6.45, 7) is 5.20. The van der Waals surface area contributed by atoms with Crippen molar-refractivity contribution < 1.29 is 14.7 Å². The zero-order valence-corrected chi connectivity index (χ0v) is 12.3. The zero-order valence-electron chi connectivity index (χ0n) is 12.3. The second kappa shape index (κ2) is 6.54. The molecular weight excluding hydrogens is 268 g/mol. The molecule has 1 aromatic rings. The Balaban J connectivity index is 1.95. The Labute approximate surface area is 124 Å². The van der Waals surface area contributed by atoms with Crippen molar-refractivity contribution in [3.8, 4) is 0 Å². The highest BCUT2D eigenvalue weighted by atomic mass is 16.4. The lowest BCUT2D eigenvalue weighted by molar-refractivity contribution is -0.133. The molecule has 0 aliphatic carbocycles. The van der Waals surface area contributed by atoms with Crippen LogP contribution in [0.5, 0.6) is 0 Å². The minimum Gasteiger partial charge on any atom is -0.478 e. The van der Waals surface area contributed by atoms with E-state index in [9.17, 15) is 9.59 Å². The molecule has 5 nitrogen and oxygen atoms in total. The van der Waals surface area contributed by atoms with Crippen LogP contribution in [0.3, 0.4) is 0 Å². The van der Waals surface area contributed by atoms with E-state index in [-0.39, 0.29) is 12.5 Å². The number of rotatable bonds is 4. The first kappa shape index (κ1) is 15.3. The molecule has 0 radical (unpaired) electrons. The minimum absolute atomic E-state index is 0.115. The first-order chi connectivity index (χ1) is 9.97. The van der Waals surface area contributed by atoms with E-state index in [1.807, 2.05) is 36.9 Å². The van der Waals surface area contributed by atoms with Crippen LogP contribution in [-0.2, 0) is 9.59 Å². The molecule has 1 aliphatic heterocycles. The monoisotopic (exact) mass is 288 g/mol. The zero-order chi connectivity index (χ0) is 15.4. The molecule has 21 heavy (non-hydrogen) atoms. The Bertz CT molecular complexity index is 593. The number of carboxylic acids is 1. The van der Waals surface area contributed by atoms with E-state index in [0.717, 1.165) is 16.8 Å². The van der Waals surface area contributed by atoms with Crippen molar-refractivity contribution in [2.75, 3.05) is 25.0 Å². The summed E-state index contributed by atoms with van der Waals surface area (Å²) in [5.74, 6) is -1.02. The molecule has 0 saturated heterocycles. The predicted octanol–water partition coefficient (Wildman–Crippen LogP) is 1.96. The third-order valence-electron chi connectivity index (χ3n) is 3.75. The molecule has 1 aliphatic rings. The fourth-order valence-electron chi connectivity index (χ4n) is 2.38. The van der Waals surface area contributed by atoms with Gasteiger partial charge in [-0.3, -0.25) is 9.69 Å². The third-order valence-corrected chi connectivity index (χ3v) is 3.75. The maximum atomic E-state index is 12.1. The van der Waals surface area contributed by atoms with Crippen LogP contribution < -0.4 is 5.32 Å². The van der Waals surface area contributed by atoms with Crippen molar-refractivity contribution in [3.63, 3.8) is 0 Å². The van der Waals surface area contributed by atoms with Crippen LogP contribution in [0, 0.1) is 13.8 Å². The Morgan fingerprint density at radius 1 is 1.33 bits per heavy atom. The molecule has 1 heterocycles. The molecule has 0 bridgehead atoms. The van der Waals surface area contributed by atoms with E-state index < -0.39 is 5.97 Å². The largest absolute Gasteiger partial charge is 0.478 e. The average Bonchev–Trinajstić information content (AvgIpc) is 2.44. The van der Waals surface area contributed by atoms with Crippen LogP contribution in [-0.4, -0.2) is 41.5 Å². The van der Waals surface area contributed by atoms with Crippen molar-refractivity contribution >= 4 is 17.6 Å². The normalized spacial score (nSPS) is 15.4. The van der Waals surface area contributed by atoms with Crippen LogP contribution in [0.4, 0.5) is 5.69 Å². The van der Waals surface area contributed by atoms with E-state index in [0.29, 0.717) is 25.1 Å². The molecule has 112 valence electrons. The highest BCUT2D eigenvalue weighted by molar-refractivity contribution is 5.93. The number of carbonyl (C=O) groups is 2. The number of nitrogens with one attached hydrogen (secondary N) is 1. The van der Waals surface area contributed by atoms with Crippen LogP contribution in [0.15, 0.2) is 29.8 Å². The predicted molar refractivity (Wildman–Crippen MR) is 81.3 cm³/mol. The number of hydrogen-bond acceptors (Lipinski definition) is 3. The highest BCUT2D eigenvalue weighted by Crippen LogP contribution is 2.18. The minimum atomic E-state index is -0.908. The van der Waals surface area contributed by atoms with E-state index in [2.05, 4.69) is 5.32 Å². The van der Waals surface area contributed by atoms with E-state index in [1.54, 1.807) is 6.08 Å². The molecule has 0 unspecified atom stereocenters. The van der Waals surface area contributed by atoms with Gasteiger partial charge in [0.2, 0.25) is 5.91 Å². The first-order valence-electron chi connectivity index (χ1n) is 6.98. The van der Waals surface area contributed by atoms with E-state index in [4.69, 9.17) is 5.11 Å². The van der Waals surface area contributed by atoms with Gasteiger partial charge >= 0.3 is 5.97 Å². The Morgan fingerprint density at radius 2 is 2.10 bits per heavy atom. The van der Waals surface area contributed by atoms with Crippen molar-refractivity contribution in [2.45, 2.75) is 20.3 Å². The number of carboxylic acid groups (broad SMARTS) is 1. The maximum Gasteiger partial charge on any atom is 0.332 e. The van der Waals surface area contributed by atoms with Crippen molar-refractivity contribution in [1.82, 2.24) is 4.90 Å². The highest BCUT2D eigenvalue weighted by Gasteiger charge is 2.19. The summed E-state index contributed by atoms with van der Waals surface area (Å²) in [6.07, 6.45) is 2.39. The number of benzene rings is 1. The van der Waals surface area contributed by atoms with Crippen LogP contribution in [0.2, 0.25) is 0 Å².